The third-order valence-corrected chi connectivity index (χ3v) is 3.23. The van der Waals surface area contributed by atoms with E-state index in [1.165, 1.54) is 0 Å². The molecule has 0 heterocycles. The maximum absolute atomic E-state index is 5.64. The smallest absolute Gasteiger partial charge is 0.188 e. The van der Waals surface area contributed by atoms with Crippen molar-refractivity contribution in [3.8, 4) is 0 Å². The Morgan fingerprint density at radius 2 is 1.43 bits per heavy atom. The van der Waals surface area contributed by atoms with E-state index in [2.05, 4.69) is 18.1 Å². The lowest BCUT2D eigenvalue weighted by Crippen LogP contribution is -2.17. The molecule has 118 valence electrons. The summed E-state index contributed by atoms with van der Waals surface area (Å²) in [4.78, 5) is 2.07. The van der Waals surface area contributed by atoms with E-state index in [9.17, 15) is 0 Å². The van der Waals surface area contributed by atoms with Gasteiger partial charge in [-0.25, -0.2) is 0 Å². The molecular weight excluding hydrogens is 286 g/mol. The minimum absolute atomic E-state index is 0.149. The summed E-state index contributed by atoms with van der Waals surface area (Å²) in [6.45, 7) is 7.93. The molecule has 0 amide bonds. The second-order valence-corrected chi connectivity index (χ2v) is 4.72. The Kier molecular flexibility index (Phi) is 6.21. The predicted molar refractivity (Wildman–Crippen MR) is 95.4 cm³/mol. The molecule has 0 fully saturated rings. The van der Waals surface area contributed by atoms with Crippen LogP contribution in [0.15, 0.2) is 97.4 Å². The molecule has 0 atom stereocenters. The van der Waals surface area contributed by atoms with Crippen LogP contribution in [0.2, 0.25) is 0 Å². The highest BCUT2D eigenvalue weighted by Crippen LogP contribution is 2.31. The standard InChI is InChI=1S/C20H21NO2/c1-4-19(20(5-2)23-16-22-3)21(17-12-8-6-9-13-17)18-14-10-7-11-15-18/h4-15H,1-2,16H2,3H3/b20-19-. The van der Waals surface area contributed by atoms with E-state index in [0.29, 0.717) is 5.76 Å². The van der Waals surface area contributed by atoms with Crippen molar-refractivity contribution in [2.75, 3.05) is 18.8 Å². The highest BCUT2D eigenvalue weighted by Gasteiger charge is 2.16. The van der Waals surface area contributed by atoms with E-state index in [1.54, 1.807) is 19.3 Å². The van der Waals surface area contributed by atoms with Gasteiger partial charge < -0.3 is 14.4 Å². The first-order valence-corrected chi connectivity index (χ1v) is 7.33. The minimum atomic E-state index is 0.149. The quantitative estimate of drug-likeness (QED) is 0.388. The van der Waals surface area contributed by atoms with Crippen molar-refractivity contribution in [1.82, 2.24) is 0 Å². The molecule has 0 saturated carbocycles. The van der Waals surface area contributed by atoms with Crippen LogP contribution in [-0.2, 0) is 9.47 Å². The summed E-state index contributed by atoms with van der Waals surface area (Å²) in [5, 5.41) is 0. The van der Waals surface area contributed by atoms with Gasteiger partial charge in [0.15, 0.2) is 6.79 Å². The van der Waals surface area contributed by atoms with Crippen molar-refractivity contribution in [2.45, 2.75) is 0 Å². The molecule has 0 radical (unpaired) electrons. The molecule has 0 N–H and O–H groups in total. The van der Waals surface area contributed by atoms with Gasteiger partial charge in [-0.3, -0.25) is 0 Å². The van der Waals surface area contributed by atoms with Gasteiger partial charge in [-0.2, -0.15) is 0 Å². The van der Waals surface area contributed by atoms with Crippen LogP contribution in [0, 0.1) is 0 Å². The Bertz CT molecular complexity index is 623. The third-order valence-electron chi connectivity index (χ3n) is 3.23. The molecule has 0 bridgehead atoms. The van der Waals surface area contributed by atoms with Gasteiger partial charge in [0.25, 0.3) is 0 Å². The summed E-state index contributed by atoms with van der Waals surface area (Å²) in [5.74, 6) is 0.606. The maximum Gasteiger partial charge on any atom is 0.188 e. The molecule has 0 spiro atoms. The monoisotopic (exact) mass is 307 g/mol. The molecule has 2 aromatic rings. The zero-order valence-corrected chi connectivity index (χ0v) is 13.3. The summed E-state index contributed by atoms with van der Waals surface area (Å²) < 4.78 is 10.6. The van der Waals surface area contributed by atoms with Gasteiger partial charge in [0.2, 0.25) is 0 Å². The topological polar surface area (TPSA) is 21.7 Å². The first-order chi connectivity index (χ1) is 11.3. The summed E-state index contributed by atoms with van der Waals surface area (Å²) in [6.07, 6.45) is 3.42. The molecular formula is C20H21NO2. The lowest BCUT2D eigenvalue weighted by molar-refractivity contribution is 0.00924. The zero-order valence-electron chi connectivity index (χ0n) is 13.3. The van der Waals surface area contributed by atoms with E-state index in [0.717, 1.165) is 17.1 Å². The number of ether oxygens (including phenoxy) is 2. The van der Waals surface area contributed by atoms with Gasteiger partial charge in [-0.05, 0) is 36.4 Å². The van der Waals surface area contributed by atoms with Crippen molar-refractivity contribution in [3.63, 3.8) is 0 Å². The van der Waals surface area contributed by atoms with Crippen LogP contribution >= 0.6 is 0 Å². The first kappa shape index (κ1) is 16.6. The van der Waals surface area contributed by atoms with Gasteiger partial charge in [-0.15, -0.1) is 0 Å². The number of allylic oxidation sites excluding steroid dienone is 2. The van der Waals surface area contributed by atoms with E-state index in [1.807, 2.05) is 60.7 Å². The van der Waals surface area contributed by atoms with Gasteiger partial charge >= 0.3 is 0 Å². The Morgan fingerprint density at radius 3 is 1.83 bits per heavy atom. The van der Waals surface area contributed by atoms with Crippen LogP contribution in [0.5, 0.6) is 0 Å². The second kappa shape index (κ2) is 8.61. The Hall–Kier alpha value is -2.78. The fourth-order valence-electron chi connectivity index (χ4n) is 2.24. The molecule has 0 aliphatic heterocycles. The average molecular weight is 307 g/mol. The number of benzene rings is 2. The molecule has 2 rings (SSSR count). The lowest BCUT2D eigenvalue weighted by atomic mass is 10.2. The summed E-state index contributed by atoms with van der Waals surface area (Å²) in [7, 11) is 1.58. The van der Waals surface area contributed by atoms with E-state index < -0.39 is 0 Å². The van der Waals surface area contributed by atoms with Crippen molar-refractivity contribution < 1.29 is 9.47 Å². The first-order valence-electron chi connectivity index (χ1n) is 7.33. The molecule has 3 heteroatoms. The fraction of sp³-hybridized carbons (Fsp3) is 0.100. The summed E-state index contributed by atoms with van der Waals surface area (Å²) >= 11 is 0. The molecule has 0 unspecified atom stereocenters. The Labute approximate surface area is 137 Å². The van der Waals surface area contributed by atoms with Gasteiger partial charge in [0.1, 0.15) is 5.76 Å². The predicted octanol–water partition coefficient (Wildman–Crippen LogP) is 5.03. The number of anilines is 2. The third kappa shape index (κ3) is 4.11. The van der Waals surface area contributed by atoms with Crippen molar-refractivity contribution in [3.05, 3.63) is 97.4 Å². The summed E-state index contributed by atoms with van der Waals surface area (Å²) in [6, 6.07) is 20.1. The average Bonchev–Trinajstić information content (AvgIpc) is 2.62. The van der Waals surface area contributed by atoms with Crippen LogP contribution in [0.4, 0.5) is 11.4 Å². The molecule has 0 aromatic heterocycles. The lowest BCUT2D eigenvalue weighted by Gasteiger charge is -2.27. The fourth-order valence-corrected chi connectivity index (χ4v) is 2.24. The van der Waals surface area contributed by atoms with Crippen molar-refractivity contribution in [1.29, 1.82) is 0 Å². The second-order valence-electron chi connectivity index (χ2n) is 4.72. The van der Waals surface area contributed by atoms with E-state index in [4.69, 9.17) is 9.47 Å². The number of para-hydroxylation sites is 2. The number of hydrogen-bond donors (Lipinski definition) is 0. The molecule has 23 heavy (non-hydrogen) atoms. The van der Waals surface area contributed by atoms with Crippen molar-refractivity contribution >= 4 is 11.4 Å². The number of methoxy groups -OCH3 is 1. The minimum Gasteiger partial charge on any atom is -0.465 e. The largest absolute Gasteiger partial charge is 0.465 e. The number of rotatable bonds is 8. The van der Waals surface area contributed by atoms with Gasteiger partial charge in [0.05, 0.1) is 5.70 Å². The SMILES string of the molecule is C=C/C(OCOC)=C(\C=C)N(c1ccccc1)c1ccccc1. The normalized spacial score (nSPS) is 11.3. The highest BCUT2D eigenvalue weighted by molar-refractivity contribution is 5.70. The van der Waals surface area contributed by atoms with E-state index in [-0.39, 0.29) is 6.79 Å². The molecule has 0 aliphatic carbocycles. The Morgan fingerprint density at radius 1 is 0.913 bits per heavy atom. The molecule has 0 aliphatic rings. The summed E-state index contributed by atoms with van der Waals surface area (Å²) in [5.41, 5.74) is 2.82. The van der Waals surface area contributed by atoms with Crippen LogP contribution in [0.1, 0.15) is 0 Å². The molecule has 2 aromatic carbocycles. The number of hydrogen-bond acceptors (Lipinski definition) is 3. The Balaban J connectivity index is 2.57. The van der Waals surface area contributed by atoms with Crippen LogP contribution < -0.4 is 4.90 Å². The van der Waals surface area contributed by atoms with E-state index >= 15 is 0 Å². The zero-order chi connectivity index (χ0) is 16.5. The van der Waals surface area contributed by atoms with Crippen molar-refractivity contribution in [2.24, 2.45) is 0 Å². The molecule has 0 saturated heterocycles. The number of nitrogens with zero attached hydrogens (tertiary/aromatic N) is 1. The van der Waals surface area contributed by atoms with Gasteiger partial charge in [-0.1, -0.05) is 49.6 Å². The van der Waals surface area contributed by atoms with Crippen LogP contribution in [0.25, 0.3) is 0 Å². The highest BCUT2D eigenvalue weighted by atomic mass is 16.7. The van der Waals surface area contributed by atoms with Crippen LogP contribution in [-0.4, -0.2) is 13.9 Å². The van der Waals surface area contributed by atoms with Gasteiger partial charge in [0, 0.05) is 18.5 Å². The van der Waals surface area contributed by atoms with Crippen LogP contribution in [0.3, 0.4) is 0 Å². The maximum atomic E-state index is 5.64. The molecule has 3 nitrogen and oxygen atoms in total.